The highest BCUT2D eigenvalue weighted by Crippen LogP contribution is 2.32. The van der Waals surface area contributed by atoms with E-state index in [4.69, 9.17) is 32.7 Å². The first kappa shape index (κ1) is 24.8. The number of aliphatic hydroxyl groups is 1. The zero-order valence-electron chi connectivity index (χ0n) is 16.6. The number of rotatable bonds is 7. The zero-order chi connectivity index (χ0) is 20.6. The van der Waals surface area contributed by atoms with Crippen LogP contribution in [0.5, 0.6) is 11.5 Å². The third kappa shape index (κ3) is 6.80. The molecule has 0 fully saturated rings. The number of ether oxygens (including phenoxy) is 2. The molecule has 0 aromatic heterocycles. The van der Waals surface area contributed by atoms with E-state index in [2.05, 4.69) is 15.6 Å². The van der Waals surface area contributed by atoms with Gasteiger partial charge in [-0.25, -0.2) is 0 Å². The Hall–Kier alpha value is -1.42. The second-order valence-corrected chi connectivity index (χ2v) is 7.39. The van der Waals surface area contributed by atoms with Crippen molar-refractivity contribution in [1.82, 2.24) is 10.6 Å². The maximum Gasteiger partial charge on any atom is 0.191 e. The molecule has 2 unspecified atom stereocenters. The first-order chi connectivity index (χ1) is 14.1. The van der Waals surface area contributed by atoms with Crippen molar-refractivity contribution in [3.8, 4) is 11.5 Å². The number of hydrogen-bond acceptors (Lipinski definition) is 4. The highest BCUT2D eigenvalue weighted by Gasteiger charge is 2.22. The molecule has 2 aromatic rings. The van der Waals surface area contributed by atoms with E-state index in [-0.39, 0.29) is 43.2 Å². The van der Waals surface area contributed by atoms with Crippen LogP contribution in [0.1, 0.15) is 24.9 Å². The van der Waals surface area contributed by atoms with E-state index in [1.54, 1.807) is 18.2 Å². The van der Waals surface area contributed by atoms with Gasteiger partial charge in [-0.3, -0.25) is 4.99 Å². The molecule has 1 heterocycles. The summed E-state index contributed by atoms with van der Waals surface area (Å²) in [5.41, 5.74) is 1.10. The summed E-state index contributed by atoms with van der Waals surface area (Å²) in [6, 6.07) is 13.2. The number of nitrogens with one attached hydrogen (secondary N) is 2. The average molecular weight is 566 g/mol. The van der Waals surface area contributed by atoms with Gasteiger partial charge in [0.05, 0.1) is 24.2 Å². The largest absolute Gasteiger partial charge is 0.493 e. The molecule has 1 aliphatic rings. The second-order valence-electron chi connectivity index (χ2n) is 6.61. The van der Waals surface area contributed by atoms with Crippen molar-refractivity contribution in [3.63, 3.8) is 0 Å². The summed E-state index contributed by atoms with van der Waals surface area (Å²) in [6.07, 6.45) is 0.0443. The molecule has 0 aliphatic carbocycles. The quantitative estimate of drug-likeness (QED) is 0.263. The van der Waals surface area contributed by atoms with E-state index in [1.807, 2.05) is 31.2 Å². The fraction of sp³-hybridized carbons (Fsp3) is 0.381. The Morgan fingerprint density at radius 1 is 1.27 bits per heavy atom. The number of halogens is 3. The van der Waals surface area contributed by atoms with Crippen LogP contribution in [0.3, 0.4) is 0 Å². The Morgan fingerprint density at radius 2 is 2.07 bits per heavy atom. The van der Waals surface area contributed by atoms with E-state index in [0.717, 1.165) is 17.7 Å². The molecular weight excluding hydrogens is 540 g/mol. The van der Waals surface area contributed by atoms with Gasteiger partial charge in [-0.05, 0) is 25.1 Å². The maximum absolute atomic E-state index is 10.3. The molecule has 0 radical (unpaired) electrons. The van der Waals surface area contributed by atoms with Gasteiger partial charge in [-0.1, -0.05) is 47.5 Å². The topological polar surface area (TPSA) is 75.1 Å². The Bertz CT molecular complexity index is 854. The summed E-state index contributed by atoms with van der Waals surface area (Å²) in [5, 5.41) is 17.6. The van der Waals surface area contributed by atoms with Crippen molar-refractivity contribution < 1.29 is 14.6 Å². The number of benzene rings is 2. The highest BCUT2D eigenvalue weighted by atomic mass is 127. The molecule has 9 heteroatoms. The lowest BCUT2D eigenvalue weighted by molar-refractivity contribution is 0.114. The smallest absolute Gasteiger partial charge is 0.191 e. The normalized spacial score (nSPS) is 16.5. The standard InChI is InChI=1S/C21H25Cl2N3O3.HI/c1-2-24-21(26-17-10-11-28-18-8-4-3-6-15(17)18)25-12-14(27)13-29-19-9-5-7-16(22)20(19)23;/h3-9,14,17,27H,2,10-13H2,1H3,(H2,24,25,26);1H. The number of hydrogen-bond donors (Lipinski definition) is 3. The third-order valence-corrected chi connectivity index (χ3v) is 5.22. The van der Waals surface area contributed by atoms with Gasteiger partial charge >= 0.3 is 0 Å². The number of fused-ring (bicyclic) bond motifs is 1. The third-order valence-electron chi connectivity index (χ3n) is 4.42. The minimum Gasteiger partial charge on any atom is -0.493 e. The van der Waals surface area contributed by atoms with Crippen LogP contribution in [0.25, 0.3) is 0 Å². The van der Waals surface area contributed by atoms with Gasteiger partial charge in [0, 0.05) is 18.5 Å². The van der Waals surface area contributed by atoms with E-state index in [1.165, 1.54) is 0 Å². The number of aliphatic hydroxyl groups excluding tert-OH is 1. The van der Waals surface area contributed by atoms with Gasteiger partial charge in [0.25, 0.3) is 0 Å². The zero-order valence-corrected chi connectivity index (χ0v) is 20.4. The van der Waals surface area contributed by atoms with Gasteiger partial charge in [0.2, 0.25) is 0 Å². The summed E-state index contributed by atoms with van der Waals surface area (Å²) in [5.74, 6) is 1.96. The number of aliphatic imine (C=N–C) groups is 1. The second kappa shape index (κ2) is 12.4. The summed E-state index contributed by atoms with van der Waals surface area (Å²) < 4.78 is 11.3. The van der Waals surface area contributed by atoms with Crippen molar-refractivity contribution >= 4 is 53.1 Å². The fourth-order valence-electron chi connectivity index (χ4n) is 3.01. The number of guanidine groups is 1. The molecule has 0 saturated heterocycles. The number of nitrogens with zero attached hydrogens (tertiary/aromatic N) is 1. The Morgan fingerprint density at radius 3 is 2.87 bits per heavy atom. The molecular formula is C21H26Cl2IN3O3. The Balaban J connectivity index is 0.00000320. The van der Waals surface area contributed by atoms with Gasteiger partial charge in [-0.2, -0.15) is 0 Å². The summed E-state index contributed by atoms with van der Waals surface area (Å²) >= 11 is 12.1. The molecule has 0 saturated carbocycles. The summed E-state index contributed by atoms with van der Waals surface area (Å²) in [4.78, 5) is 4.50. The Labute approximate surface area is 204 Å². The predicted octanol–water partition coefficient (Wildman–Crippen LogP) is 4.43. The summed E-state index contributed by atoms with van der Waals surface area (Å²) in [6.45, 7) is 3.59. The molecule has 3 N–H and O–H groups in total. The van der Waals surface area contributed by atoms with Crippen LogP contribution in [0.2, 0.25) is 10.0 Å². The van der Waals surface area contributed by atoms with Crippen LogP contribution in [0.4, 0.5) is 0 Å². The Kier molecular flexibility index (Phi) is 10.3. The van der Waals surface area contributed by atoms with Crippen LogP contribution in [0.15, 0.2) is 47.5 Å². The highest BCUT2D eigenvalue weighted by molar-refractivity contribution is 14.0. The predicted molar refractivity (Wildman–Crippen MR) is 132 cm³/mol. The van der Waals surface area contributed by atoms with E-state index in [9.17, 15) is 5.11 Å². The molecule has 2 aromatic carbocycles. The first-order valence-electron chi connectivity index (χ1n) is 9.60. The molecule has 164 valence electrons. The summed E-state index contributed by atoms with van der Waals surface area (Å²) in [7, 11) is 0. The minimum atomic E-state index is -0.789. The van der Waals surface area contributed by atoms with E-state index in [0.29, 0.717) is 34.9 Å². The van der Waals surface area contributed by atoms with Crippen molar-refractivity contribution in [2.75, 3.05) is 26.3 Å². The minimum absolute atomic E-state index is 0. The van der Waals surface area contributed by atoms with E-state index >= 15 is 0 Å². The first-order valence-corrected chi connectivity index (χ1v) is 10.4. The average Bonchev–Trinajstić information content (AvgIpc) is 2.73. The van der Waals surface area contributed by atoms with Crippen LogP contribution in [-0.4, -0.2) is 43.5 Å². The molecule has 6 nitrogen and oxygen atoms in total. The molecule has 1 aliphatic heterocycles. The van der Waals surface area contributed by atoms with Gasteiger partial charge < -0.3 is 25.2 Å². The van der Waals surface area contributed by atoms with Crippen molar-refractivity contribution in [2.24, 2.45) is 4.99 Å². The molecule has 2 atom stereocenters. The van der Waals surface area contributed by atoms with Crippen LogP contribution in [0, 0.1) is 0 Å². The fourth-order valence-corrected chi connectivity index (χ4v) is 3.35. The van der Waals surface area contributed by atoms with Crippen molar-refractivity contribution in [3.05, 3.63) is 58.1 Å². The molecule has 30 heavy (non-hydrogen) atoms. The van der Waals surface area contributed by atoms with Crippen molar-refractivity contribution in [1.29, 1.82) is 0 Å². The van der Waals surface area contributed by atoms with Crippen molar-refractivity contribution in [2.45, 2.75) is 25.5 Å². The lowest BCUT2D eigenvalue weighted by atomic mass is 10.0. The van der Waals surface area contributed by atoms with Gasteiger partial charge in [-0.15, -0.1) is 24.0 Å². The SMILES string of the molecule is CCNC(=NCC(O)COc1cccc(Cl)c1Cl)NC1CCOc2ccccc21.I. The molecule has 0 amide bonds. The molecule has 0 spiro atoms. The van der Waals surface area contributed by atoms with E-state index < -0.39 is 6.10 Å². The maximum atomic E-state index is 10.3. The lowest BCUT2D eigenvalue weighted by Crippen LogP contribution is -2.41. The van der Waals surface area contributed by atoms with Gasteiger partial charge in [0.15, 0.2) is 5.96 Å². The number of para-hydroxylation sites is 1. The van der Waals surface area contributed by atoms with Crippen LogP contribution >= 0.6 is 47.2 Å². The monoisotopic (exact) mass is 565 g/mol. The van der Waals surface area contributed by atoms with Crippen LogP contribution in [-0.2, 0) is 0 Å². The molecule has 3 rings (SSSR count). The van der Waals surface area contributed by atoms with Crippen LogP contribution < -0.4 is 20.1 Å². The lowest BCUT2D eigenvalue weighted by Gasteiger charge is -2.28. The molecule has 0 bridgehead atoms. The van der Waals surface area contributed by atoms with Gasteiger partial charge in [0.1, 0.15) is 29.2 Å².